The third-order valence-corrected chi connectivity index (χ3v) is 5.74. The standard InChI is InChI=1S/C22H21ClFN3O3/c23-15-4-2-6-18(12-15)27-20(28)13-19(22(27)30)25-17-7-9-26(10-8-17)21(29)14-3-1-5-16(24)11-14/h1-6,11-12,17,19,25H,7-10,13H2/t19-/m1/s1. The van der Waals surface area contributed by atoms with Gasteiger partial charge in [-0.15, -0.1) is 0 Å². The molecule has 0 radical (unpaired) electrons. The van der Waals surface area contributed by atoms with Crippen molar-refractivity contribution < 1.29 is 18.8 Å². The number of nitrogens with one attached hydrogen (secondary N) is 1. The zero-order chi connectivity index (χ0) is 21.3. The molecule has 0 bridgehead atoms. The number of benzene rings is 2. The first-order chi connectivity index (χ1) is 14.4. The molecule has 0 unspecified atom stereocenters. The molecule has 2 heterocycles. The van der Waals surface area contributed by atoms with Gasteiger partial charge in [0.15, 0.2) is 0 Å². The van der Waals surface area contributed by atoms with Crippen LogP contribution in [0.2, 0.25) is 5.02 Å². The van der Waals surface area contributed by atoms with Gasteiger partial charge in [-0.05, 0) is 49.2 Å². The second-order valence-corrected chi connectivity index (χ2v) is 7.98. The predicted molar refractivity (Wildman–Crippen MR) is 111 cm³/mol. The lowest BCUT2D eigenvalue weighted by Gasteiger charge is -2.33. The van der Waals surface area contributed by atoms with E-state index in [1.54, 1.807) is 35.2 Å². The van der Waals surface area contributed by atoms with E-state index in [-0.39, 0.29) is 30.2 Å². The molecule has 0 aromatic heterocycles. The molecule has 4 rings (SSSR count). The van der Waals surface area contributed by atoms with Crippen molar-refractivity contribution >= 4 is 35.0 Å². The van der Waals surface area contributed by atoms with Gasteiger partial charge in [0.25, 0.3) is 11.8 Å². The van der Waals surface area contributed by atoms with E-state index < -0.39 is 11.9 Å². The topological polar surface area (TPSA) is 69.7 Å². The first kappa shape index (κ1) is 20.5. The molecule has 2 aromatic carbocycles. The van der Waals surface area contributed by atoms with Gasteiger partial charge in [0.05, 0.1) is 18.2 Å². The largest absolute Gasteiger partial charge is 0.339 e. The van der Waals surface area contributed by atoms with Crippen LogP contribution in [-0.2, 0) is 9.59 Å². The molecule has 0 saturated carbocycles. The number of carbonyl (C=O) groups is 3. The second-order valence-electron chi connectivity index (χ2n) is 7.55. The first-order valence-electron chi connectivity index (χ1n) is 9.85. The lowest BCUT2D eigenvalue weighted by Crippen LogP contribution is -2.49. The molecule has 2 aromatic rings. The molecule has 6 nitrogen and oxygen atoms in total. The average Bonchev–Trinajstić information content (AvgIpc) is 3.01. The molecular weight excluding hydrogens is 409 g/mol. The highest BCUT2D eigenvalue weighted by molar-refractivity contribution is 6.31. The molecular formula is C22H21ClFN3O3. The number of nitrogens with zero attached hydrogens (tertiary/aromatic N) is 2. The van der Waals surface area contributed by atoms with Gasteiger partial charge in [-0.2, -0.15) is 0 Å². The van der Waals surface area contributed by atoms with Crippen molar-refractivity contribution in [2.45, 2.75) is 31.3 Å². The minimum atomic E-state index is -0.591. The zero-order valence-electron chi connectivity index (χ0n) is 16.2. The molecule has 2 saturated heterocycles. The summed E-state index contributed by atoms with van der Waals surface area (Å²) in [4.78, 5) is 40.6. The van der Waals surface area contributed by atoms with E-state index in [0.29, 0.717) is 42.2 Å². The third kappa shape index (κ3) is 4.22. The SMILES string of the molecule is O=C(c1cccc(F)c1)N1CCC(N[C@@H]2CC(=O)N(c3cccc(Cl)c3)C2=O)CC1. The fraction of sp³-hybridized carbons (Fsp3) is 0.318. The van der Waals surface area contributed by atoms with E-state index in [0.717, 1.165) is 0 Å². The average molecular weight is 430 g/mol. The van der Waals surface area contributed by atoms with Gasteiger partial charge in [0.2, 0.25) is 5.91 Å². The molecule has 1 atom stereocenters. The Balaban J connectivity index is 1.35. The van der Waals surface area contributed by atoms with E-state index in [1.807, 2.05) is 0 Å². The Hall–Kier alpha value is -2.77. The molecule has 8 heteroatoms. The number of amides is 3. The van der Waals surface area contributed by atoms with Crippen LogP contribution in [0, 0.1) is 5.82 Å². The summed E-state index contributed by atoms with van der Waals surface area (Å²) >= 11 is 5.98. The molecule has 2 aliphatic rings. The fourth-order valence-corrected chi connectivity index (χ4v) is 4.17. The third-order valence-electron chi connectivity index (χ3n) is 5.50. The van der Waals surface area contributed by atoms with Crippen LogP contribution in [0.25, 0.3) is 0 Å². The maximum absolute atomic E-state index is 13.4. The van der Waals surface area contributed by atoms with E-state index >= 15 is 0 Å². The molecule has 3 amide bonds. The maximum Gasteiger partial charge on any atom is 0.253 e. The molecule has 2 aliphatic heterocycles. The Morgan fingerprint density at radius 2 is 1.80 bits per heavy atom. The van der Waals surface area contributed by atoms with Crippen molar-refractivity contribution in [3.8, 4) is 0 Å². The zero-order valence-corrected chi connectivity index (χ0v) is 16.9. The number of piperidine rings is 1. The summed E-state index contributed by atoms with van der Waals surface area (Å²) < 4.78 is 13.4. The highest BCUT2D eigenvalue weighted by Gasteiger charge is 2.40. The number of hydrogen-bond donors (Lipinski definition) is 1. The quantitative estimate of drug-likeness (QED) is 0.758. The monoisotopic (exact) mass is 429 g/mol. The highest BCUT2D eigenvalue weighted by atomic mass is 35.5. The van der Waals surface area contributed by atoms with E-state index in [9.17, 15) is 18.8 Å². The number of rotatable bonds is 4. The van der Waals surface area contributed by atoms with Crippen molar-refractivity contribution in [3.05, 3.63) is 64.9 Å². The van der Waals surface area contributed by atoms with Crippen LogP contribution in [0.15, 0.2) is 48.5 Å². The van der Waals surface area contributed by atoms with Crippen LogP contribution >= 0.6 is 11.6 Å². The fourth-order valence-electron chi connectivity index (χ4n) is 3.99. The molecule has 0 spiro atoms. The van der Waals surface area contributed by atoms with Crippen LogP contribution in [0.4, 0.5) is 10.1 Å². The Morgan fingerprint density at radius 1 is 1.07 bits per heavy atom. The number of anilines is 1. The van der Waals surface area contributed by atoms with Gasteiger partial charge in [-0.1, -0.05) is 23.7 Å². The second kappa shape index (κ2) is 8.53. The van der Waals surface area contributed by atoms with Crippen LogP contribution in [-0.4, -0.2) is 47.8 Å². The summed E-state index contributed by atoms with van der Waals surface area (Å²) in [6.07, 6.45) is 1.39. The summed E-state index contributed by atoms with van der Waals surface area (Å²) in [5.74, 6) is -1.20. The molecule has 156 valence electrons. The number of likely N-dealkylation sites (tertiary alicyclic amines) is 1. The lowest BCUT2D eigenvalue weighted by molar-refractivity contribution is -0.121. The summed E-state index contributed by atoms with van der Waals surface area (Å²) in [6, 6.07) is 11.7. The summed E-state index contributed by atoms with van der Waals surface area (Å²) in [7, 11) is 0. The van der Waals surface area contributed by atoms with Crippen molar-refractivity contribution in [1.82, 2.24) is 10.2 Å². The van der Waals surface area contributed by atoms with Gasteiger partial charge in [-0.3, -0.25) is 14.4 Å². The lowest BCUT2D eigenvalue weighted by atomic mass is 10.0. The van der Waals surface area contributed by atoms with Crippen molar-refractivity contribution in [2.24, 2.45) is 0 Å². The normalized spacial score (nSPS) is 20.1. The maximum atomic E-state index is 13.4. The van der Waals surface area contributed by atoms with Crippen LogP contribution in [0.1, 0.15) is 29.6 Å². The number of halogens is 2. The van der Waals surface area contributed by atoms with Crippen LogP contribution in [0.5, 0.6) is 0 Å². The number of carbonyl (C=O) groups excluding carboxylic acids is 3. The summed E-state index contributed by atoms with van der Waals surface area (Å²) in [6.45, 7) is 1.000. The first-order valence-corrected chi connectivity index (χ1v) is 10.2. The Kier molecular flexibility index (Phi) is 5.83. The predicted octanol–water partition coefficient (Wildman–Crippen LogP) is 3.01. The Morgan fingerprint density at radius 3 is 2.50 bits per heavy atom. The highest BCUT2D eigenvalue weighted by Crippen LogP contribution is 2.26. The molecule has 0 aliphatic carbocycles. The minimum Gasteiger partial charge on any atom is -0.339 e. The van der Waals surface area contributed by atoms with Gasteiger partial charge in [0.1, 0.15) is 5.82 Å². The summed E-state index contributed by atoms with van der Waals surface area (Å²) in [5.41, 5.74) is 0.799. The Labute approximate surface area is 178 Å². The smallest absolute Gasteiger partial charge is 0.253 e. The van der Waals surface area contributed by atoms with Gasteiger partial charge in [0, 0.05) is 29.7 Å². The Bertz CT molecular complexity index is 991. The molecule has 1 N–H and O–H groups in total. The van der Waals surface area contributed by atoms with Gasteiger partial charge < -0.3 is 10.2 Å². The minimum absolute atomic E-state index is 0.0163. The van der Waals surface area contributed by atoms with E-state index in [1.165, 1.54) is 23.1 Å². The van der Waals surface area contributed by atoms with Crippen LogP contribution in [0.3, 0.4) is 0 Å². The van der Waals surface area contributed by atoms with Gasteiger partial charge in [-0.25, -0.2) is 9.29 Å². The van der Waals surface area contributed by atoms with E-state index in [2.05, 4.69) is 5.32 Å². The van der Waals surface area contributed by atoms with E-state index in [4.69, 9.17) is 11.6 Å². The molecule has 2 fully saturated rings. The van der Waals surface area contributed by atoms with Crippen molar-refractivity contribution in [2.75, 3.05) is 18.0 Å². The van der Waals surface area contributed by atoms with Crippen molar-refractivity contribution in [3.63, 3.8) is 0 Å². The van der Waals surface area contributed by atoms with Gasteiger partial charge >= 0.3 is 0 Å². The van der Waals surface area contributed by atoms with Crippen molar-refractivity contribution in [1.29, 1.82) is 0 Å². The number of imide groups is 1. The number of hydrogen-bond acceptors (Lipinski definition) is 4. The molecule has 30 heavy (non-hydrogen) atoms. The summed E-state index contributed by atoms with van der Waals surface area (Å²) in [5, 5.41) is 3.74. The van der Waals surface area contributed by atoms with Crippen LogP contribution < -0.4 is 10.2 Å².